The first-order chi connectivity index (χ1) is 11.7. The molecule has 1 saturated heterocycles. The van der Waals surface area contributed by atoms with Crippen molar-refractivity contribution in [1.29, 1.82) is 5.26 Å². The molecule has 1 aromatic carbocycles. The molecule has 0 atom stereocenters. The maximum atomic E-state index is 12.4. The summed E-state index contributed by atoms with van der Waals surface area (Å²) in [6, 6.07) is 11.3. The molecule has 0 unspecified atom stereocenters. The molecule has 0 aliphatic carbocycles. The lowest BCUT2D eigenvalue weighted by Crippen LogP contribution is -2.45. The molecule has 0 spiro atoms. The van der Waals surface area contributed by atoms with Gasteiger partial charge in [0.1, 0.15) is 12.3 Å². The quantitative estimate of drug-likeness (QED) is 0.744. The maximum absolute atomic E-state index is 12.4. The Balaban J connectivity index is 1.78. The number of ether oxygens (including phenoxy) is 1. The van der Waals surface area contributed by atoms with Crippen LogP contribution in [0.15, 0.2) is 30.3 Å². The smallest absolute Gasteiger partial charge is 0.260 e. The third kappa shape index (κ3) is 4.72. The third-order valence-corrected chi connectivity index (χ3v) is 4.26. The van der Waals surface area contributed by atoms with Crippen LogP contribution in [0, 0.1) is 17.2 Å². The monoisotopic (exact) mass is 329 g/mol. The van der Waals surface area contributed by atoms with E-state index in [2.05, 4.69) is 0 Å². The second-order valence-corrected chi connectivity index (χ2v) is 5.77. The summed E-state index contributed by atoms with van der Waals surface area (Å²) in [5, 5.41) is 8.77. The Labute approximate surface area is 142 Å². The summed E-state index contributed by atoms with van der Waals surface area (Å²) >= 11 is 0. The molecule has 0 saturated carbocycles. The Kier molecular flexibility index (Phi) is 6.62. The predicted molar refractivity (Wildman–Crippen MR) is 89.1 cm³/mol. The van der Waals surface area contributed by atoms with E-state index in [1.807, 2.05) is 43.3 Å². The SMILES string of the molecule is CCN(CC#N)C(=O)C1CCN(C(=O)COc2ccccc2)CC1. The molecule has 1 aromatic rings. The first kappa shape index (κ1) is 17.8. The van der Waals surface area contributed by atoms with Gasteiger partial charge >= 0.3 is 0 Å². The second-order valence-electron chi connectivity index (χ2n) is 5.77. The number of rotatable bonds is 6. The topological polar surface area (TPSA) is 73.6 Å². The van der Waals surface area contributed by atoms with Gasteiger partial charge in [0, 0.05) is 25.6 Å². The van der Waals surface area contributed by atoms with Gasteiger partial charge in [0.2, 0.25) is 5.91 Å². The lowest BCUT2D eigenvalue weighted by atomic mass is 9.95. The number of benzene rings is 1. The molecule has 24 heavy (non-hydrogen) atoms. The van der Waals surface area contributed by atoms with Crippen LogP contribution in [0.4, 0.5) is 0 Å². The fraction of sp³-hybridized carbons (Fsp3) is 0.500. The second kappa shape index (κ2) is 8.92. The number of likely N-dealkylation sites (tertiary alicyclic amines) is 1. The minimum atomic E-state index is -0.0996. The van der Waals surface area contributed by atoms with Gasteiger partial charge in [0.05, 0.1) is 6.07 Å². The average molecular weight is 329 g/mol. The van der Waals surface area contributed by atoms with Gasteiger partial charge in [-0.2, -0.15) is 5.26 Å². The van der Waals surface area contributed by atoms with Crippen LogP contribution in [-0.4, -0.2) is 54.4 Å². The van der Waals surface area contributed by atoms with Crippen molar-refractivity contribution in [2.45, 2.75) is 19.8 Å². The molecular formula is C18H23N3O3. The van der Waals surface area contributed by atoms with Crippen molar-refractivity contribution in [3.8, 4) is 11.8 Å². The summed E-state index contributed by atoms with van der Waals surface area (Å²) in [5.41, 5.74) is 0. The van der Waals surface area contributed by atoms with Crippen molar-refractivity contribution in [3.63, 3.8) is 0 Å². The molecule has 1 aliphatic rings. The zero-order chi connectivity index (χ0) is 17.4. The summed E-state index contributed by atoms with van der Waals surface area (Å²) in [6.07, 6.45) is 1.27. The zero-order valence-corrected chi connectivity index (χ0v) is 14.0. The Morgan fingerprint density at radius 3 is 2.54 bits per heavy atom. The van der Waals surface area contributed by atoms with Crippen LogP contribution in [0.3, 0.4) is 0 Å². The highest BCUT2D eigenvalue weighted by atomic mass is 16.5. The van der Waals surface area contributed by atoms with Crippen molar-refractivity contribution < 1.29 is 14.3 Å². The van der Waals surface area contributed by atoms with E-state index in [9.17, 15) is 9.59 Å². The number of para-hydroxylation sites is 1. The first-order valence-corrected chi connectivity index (χ1v) is 8.27. The van der Waals surface area contributed by atoms with E-state index >= 15 is 0 Å². The molecule has 128 valence electrons. The van der Waals surface area contributed by atoms with E-state index < -0.39 is 0 Å². The molecule has 1 aliphatic heterocycles. The van der Waals surface area contributed by atoms with E-state index in [0.717, 1.165) is 0 Å². The Hall–Kier alpha value is -2.55. The molecule has 6 heteroatoms. The van der Waals surface area contributed by atoms with E-state index in [1.165, 1.54) is 0 Å². The standard InChI is InChI=1S/C18H23N3O3/c1-2-20(13-10-19)18(23)15-8-11-21(12-9-15)17(22)14-24-16-6-4-3-5-7-16/h3-7,15H,2,8-9,11-14H2,1H3. The van der Waals surface area contributed by atoms with Crippen LogP contribution in [0.25, 0.3) is 0 Å². The number of amides is 2. The van der Waals surface area contributed by atoms with Gasteiger partial charge < -0.3 is 14.5 Å². The highest BCUT2D eigenvalue weighted by molar-refractivity contribution is 5.81. The maximum Gasteiger partial charge on any atom is 0.260 e. The van der Waals surface area contributed by atoms with Crippen molar-refractivity contribution in [2.24, 2.45) is 5.92 Å². The Morgan fingerprint density at radius 2 is 1.96 bits per heavy atom. The van der Waals surface area contributed by atoms with Gasteiger partial charge in [-0.25, -0.2) is 0 Å². The molecule has 1 heterocycles. The van der Waals surface area contributed by atoms with Crippen molar-refractivity contribution in [3.05, 3.63) is 30.3 Å². The number of nitriles is 1. The molecule has 1 fully saturated rings. The molecule has 0 bridgehead atoms. The summed E-state index contributed by atoms with van der Waals surface area (Å²) in [7, 11) is 0. The molecule has 2 amide bonds. The van der Waals surface area contributed by atoms with Crippen LogP contribution >= 0.6 is 0 Å². The van der Waals surface area contributed by atoms with Crippen LogP contribution < -0.4 is 4.74 Å². The summed E-state index contributed by atoms with van der Waals surface area (Å²) < 4.78 is 5.48. The van der Waals surface area contributed by atoms with E-state index in [1.54, 1.807) is 9.80 Å². The molecule has 0 N–H and O–H groups in total. The average Bonchev–Trinajstić information content (AvgIpc) is 2.64. The fourth-order valence-corrected chi connectivity index (χ4v) is 2.82. The van der Waals surface area contributed by atoms with Crippen LogP contribution in [0.1, 0.15) is 19.8 Å². The van der Waals surface area contributed by atoms with Crippen molar-refractivity contribution in [1.82, 2.24) is 9.80 Å². The Bertz CT molecular complexity index is 589. The molecule has 0 radical (unpaired) electrons. The number of nitrogens with zero attached hydrogens (tertiary/aromatic N) is 3. The molecular weight excluding hydrogens is 306 g/mol. The minimum absolute atomic E-state index is 0.0120. The summed E-state index contributed by atoms with van der Waals surface area (Å²) in [4.78, 5) is 27.9. The van der Waals surface area contributed by atoms with E-state index in [0.29, 0.717) is 38.2 Å². The van der Waals surface area contributed by atoms with Gasteiger partial charge in [-0.3, -0.25) is 9.59 Å². The zero-order valence-electron chi connectivity index (χ0n) is 14.0. The Morgan fingerprint density at radius 1 is 1.29 bits per heavy atom. The van der Waals surface area contributed by atoms with E-state index in [-0.39, 0.29) is 30.9 Å². The van der Waals surface area contributed by atoms with E-state index in [4.69, 9.17) is 10.00 Å². The molecule has 6 nitrogen and oxygen atoms in total. The van der Waals surface area contributed by atoms with Gasteiger partial charge in [0.15, 0.2) is 6.61 Å². The minimum Gasteiger partial charge on any atom is -0.484 e. The lowest BCUT2D eigenvalue weighted by molar-refractivity contribution is -0.141. The summed E-state index contributed by atoms with van der Waals surface area (Å²) in [6.45, 7) is 3.65. The normalized spacial score (nSPS) is 14.8. The number of piperidine rings is 1. The van der Waals surface area contributed by atoms with Gasteiger partial charge in [0.25, 0.3) is 5.91 Å². The highest BCUT2D eigenvalue weighted by Crippen LogP contribution is 2.20. The number of hydrogen-bond acceptors (Lipinski definition) is 4. The fourth-order valence-electron chi connectivity index (χ4n) is 2.82. The van der Waals surface area contributed by atoms with Crippen molar-refractivity contribution in [2.75, 3.05) is 32.8 Å². The van der Waals surface area contributed by atoms with Crippen LogP contribution in [-0.2, 0) is 9.59 Å². The van der Waals surface area contributed by atoms with Gasteiger partial charge in [-0.05, 0) is 31.9 Å². The van der Waals surface area contributed by atoms with Gasteiger partial charge in [-0.15, -0.1) is 0 Å². The van der Waals surface area contributed by atoms with Crippen LogP contribution in [0.2, 0.25) is 0 Å². The highest BCUT2D eigenvalue weighted by Gasteiger charge is 2.29. The third-order valence-electron chi connectivity index (χ3n) is 4.26. The van der Waals surface area contributed by atoms with Crippen LogP contribution in [0.5, 0.6) is 5.75 Å². The lowest BCUT2D eigenvalue weighted by Gasteiger charge is -2.33. The largest absolute Gasteiger partial charge is 0.484 e. The number of carbonyl (C=O) groups is 2. The molecule has 0 aromatic heterocycles. The number of carbonyl (C=O) groups excluding carboxylic acids is 2. The van der Waals surface area contributed by atoms with Crippen molar-refractivity contribution >= 4 is 11.8 Å². The summed E-state index contributed by atoms with van der Waals surface area (Å²) in [5.74, 6) is 0.532. The predicted octanol–water partition coefficient (Wildman–Crippen LogP) is 1.68. The van der Waals surface area contributed by atoms with Gasteiger partial charge in [-0.1, -0.05) is 18.2 Å². The number of hydrogen-bond donors (Lipinski definition) is 0. The first-order valence-electron chi connectivity index (χ1n) is 8.27. The molecule has 2 rings (SSSR count).